The molecule has 0 spiro atoms. The zero-order chi connectivity index (χ0) is 12.8. The van der Waals surface area contributed by atoms with Gasteiger partial charge in [-0.2, -0.15) is 0 Å². The maximum absolute atomic E-state index is 11.9. The van der Waals surface area contributed by atoms with Gasteiger partial charge in [0, 0.05) is 18.6 Å². The molecule has 0 amide bonds. The average molecular weight is 246 g/mol. The number of ketones is 1. The Morgan fingerprint density at radius 2 is 1.94 bits per heavy atom. The van der Waals surface area contributed by atoms with Gasteiger partial charge in [-0.15, -0.1) is 0 Å². The first kappa shape index (κ1) is 13.3. The van der Waals surface area contributed by atoms with Crippen LogP contribution in [0.4, 0.5) is 0 Å². The van der Waals surface area contributed by atoms with E-state index in [4.69, 9.17) is 4.74 Å². The molecule has 1 aromatic carbocycles. The summed E-state index contributed by atoms with van der Waals surface area (Å²) in [5.41, 5.74) is 2.21. The van der Waals surface area contributed by atoms with E-state index in [-0.39, 0.29) is 5.78 Å². The van der Waals surface area contributed by atoms with Crippen molar-refractivity contribution >= 4 is 5.78 Å². The Morgan fingerprint density at radius 3 is 2.50 bits per heavy atom. The quantitative estimate of drug-likeness (QED) is 0.538. The maximum atomic E-state index is 11.9. The molecular formula is C16H22O2. The molecule has 2 nitrogen and oxygen atoms in total. The van der Waals surface area contributed by atoms with Crippen molar-refractivity contribution in [1.82, 2.24) is 0 Å². The zero-order valence-electron chi connectivity index (χ0n) is 11.2. The van der Waals surface area contributed by atoms with Crippen molar-refractivity contribution in [2.75, 3.05) is 13.2 Å². The standard InChI is InChI=1S/C16H22O2/c1-2-11-18-12-10-16(17)15-8-6-14(7-9-15)13-4-3-5-13/h6-9,13H,2-5,10-12H2,1H3. The molecule has 0 heterocycles. The van der Waals surface area contributed by atoms with E-state index in [1.54, 1.807) is 0 Å². The molecule has 1 aliphatic rings. The van der Waals surface area contributed by atoms with E-state index in [2.05, 4.69) is 19.1 Å². The van der Waals surface area contributed by atoms with Crippen LogP contribution in [0, 0.1) is 0 Å². The van der Waals surface area contributed by atoms with Crippen molar-refractivity contribution in [3.8, 4) is 0 Å². The highest BCUT2D eigenvalue weighted by Crippen LogP contribution is 2.36. The van der Waals surface area contributed by atoms with Crippen molar-refractivity contribution in [2.24, 2.45) is 0 Å². The molecule has 1 aromatic rings. The van der Waals surface area contributed by atoms with E-state index in [0.717, 1.165) is 24.5 Å². The second kappa shape index (κ2) is 6.69. The molecule has 0 aliphatic heterocycles. The SMILES string of the molecule is CCCOCCC(=O)c1ccc(C2CCC2)cc1. The Kier molecular flexibility index (Phi) is 4.94. The number of carbonyl (C=O) groups excluding carboxylic acids is 1. The van der Waals surface area contributed by atoms with Crippen LogP contribution in [-0.4, -0.2) is 19.0 Å². The Bertz CT molecular complexity index is 377. The number of benzene rings is 1. The molecule has 2 rings (SSSR count). The summed E-state index contributed by atoms with van der Waals surface area (Å²) >= 11 is 0. The van der Waals surface area contributed by atoms with Crippen molar-refractivity contribution in [2.45, 2.75) is 44.9 Å². The lowest BCUT2D eigenvalue weighted by molar-refractivity contribution is 0.0879. The molecule has 98 valence electrons. The van der Waals surface area contributed by atoms with E-state index < -0.39 is 0 Å². The first-order valence-electron chi connectivity index (χ1n) is 7.02. The van der Waals surface area contributed by atoms with Crippen LogP contribution in [0.15, 0.2) is 24.3 Å². The van der Waals surface area contributed by atoms with Crippen LogP contribution in [-0.2, 0) is 4.74 Å². The Morgan fingerprint density at radius 1 is 1.22 bits per heavy atom. The van der Waals surface area contributed by atoms with Gasteiger partial charge in [0.1, 0.15) is 0 Å². The fourth-order valence-corrected chi connectivity index (χ4v) is 2.24. The van der Waals surface area contributed by atoms with E-state index in [1.165, 1.54) is 24.8 Å². The largest absolute Gasteiger partial charge is 0.381 e. The highest BCUT2D eigenvalue weighted by atomic mass is 16.5. The second-order valence-electron chi connectivity index (χ2n) is 5.04. The highest BCUT2D eigenvalue weighted by molar-refractivity contribution is 5.96. The first-order chi connectivity index (χ1) is 8.81. The minimum Gasteiger partial charge on any atom is -0.381 e. The van der Waals surface area contributed by atoms with Gasteiger partial charge in [-0.1, -0.05) is 37.6 Å². The van der Waals surface area contributed by atoms with Gasteiger partial charge in [0.15, 0.2) is 5.78 Å². The van der Waals surface area contributed by atoms with Gasteiger partial charge in [0.2, 0.25) is 0 Å². The van der Waals surface area contributed by atoms with Crippen molar-refractivity contribution in [3.63, 3.8) is 0 Å². The topological polar surface area (TPSA) is 26.3 Å². The number of ether oxygens (including phenoxy) is 1. The van der Waals surface area contributed by atoms with Gasteiger partial charge in [-0.05, 0) is 30.7 Å². The zero-order valence-corrected chi connectivity index (χ0v) is 11.2. The fourth-order valence-electron chi connectivity index (χ4n) is 2.24. The predicted octanol–water partition coefficient (Wildman–Crippen LogP) is 3.95. The number of rotatable bonds is 7. The molecule has 1 fully saturated rings. The van der Waals surface area contributed by atoms with E-state index in [1.807, 2.05) is 12.1 Å². The number of hydrogen-bond donors (Lipinski definition) is 0. The molecular weight excluding hydrogens is 224 g/mol. The van der Waals surface area contributed by atoms with Crippen LogP contribution in [0.1, 0.15) is 60.9 Å². The molecule has 0 unspecified atom stereocenters. The van der Waals surface area contributed by atoms with Gasteiger partial charge < -0.3 is 4.74 Å². The summed E-state index contributed by atoms with van der Waals surface area (Å²) in [6, 6.07) is 8.17. The minimum absolute atomic E-state index is 0.186. The first-order valence-corrected chi connectivity index (χ1v) is 7.02. The number of hydrogen-bond acceptors (Lipinski definition) is 2. The van der Waals surface area contributed by atoms with Gasteiger partial charge in [-0.25, -0.2) is 0 Å². The summed E-state index contributed by atoms with van der Waals surface area (Å²) in [6.45, 7) is 3.35. The third-order valence-electron chi connectivity index (χ3n) is 3.63. The molecule has 1 saturated carbocycles. The fraction of sp³-hybridized carbons (Fsp3) is 0.562. The Hall–Kier alpha value is -1.15. The molecule has 1 aliphatic carbocycles. The lowest BCUT2D eigenvalue weighted by Gasteiger charge is -2.25. The summed E-state index contributed by atoms with van der Waals surface area (Å²) < 4.78 is 5.34. The van der Waals surface area contributed by atoms with Crippen LogP contribution in [0.25, 0.3) is 0 Å². The molecule has 0 saturated heterocycles. The molecule has 0 aromatic heterocycles. The molecule has 18 heavy (non-hydrogen) atoms. The van der Waals surface area contributed by atoms with Gasteiger partial charge in [0.25, 0.3) is 0 Å². The molecule has 2 heteroatoms. The monoisotopic (exact) mass is 246 g/mol. The van der Waals surface area contributed by atoms with Crippen molar-refractivity contribution < 1.29 is 9.53 Å². The summed E-state index contributed by atoms with van der Waals surface area (Å²) in [7, 11) is 0. The lowest BCUT2D eigenvalue weighted by atomic mass is 9.80. The number of Topliss-reactive ketones (excluding diaryl/α,β-unsaturated/α-hetero) is 1. The predicted molar refractivity (Wildman–Crippen MR) is 73.1 cm³/mol. The highest BCUT2D eigenvalue weighted by Gasteiger charge is 2.19. The van der Waals surface area contributed by atoms with Crippen LogP contribution in [0.2, 0.25) is 0 Å². The maximum Gasteiger partial charge on any atom is 0.165 e. The van der Waals surface area contributed by atoms with E-state index in [0.29, 0.717) is 13.0 Å². The Labute approximate surface area is 109 Å². The van der Waals surface area contributed by atoms with Crippen LogP contribution in [0.5, 0.6) is 0 Å². The molecule has 0 radical (unpaired) electrons. The molecule has 0 atom stereocenters. The minimum atomic E-state index is 0.186. The summed E-state index contributed by atoms with van der Waals surface area (Å²) in [5, 5.41) is 0. The lowest BCUT2D eigenvalue weighted by Crippen LogP contribution is -2.09. The van der Waals surface area contributed by atoms with Crippen LogP contribution < -0.4 is 0 Å². The third kappa shape index (κ3) is 3.42. The normalized spacial score (nSPS) is 15.4. The van der Waals surface area contributed by atoms with Gasteiger partial charge in [-0.3, -0.25) is 4.79 Å². The summed E-state index contributed by atoms with van der Waals surface area (Å²) in [5.74, 6) is 0.924. The van der Waals surface area contributed by atoms with Crippen molar-refractivity contribution in [3.05, 3.63) is 35.4 Å². The summed E-state index contributed by atoms with van der Waals surface area (Å²) in [6.07, 6.45) is 5.45. The van der Waals surface area contributed by atoms with E-state index in [9.17, 15) is 4.79 Å². The second-order valence-corrected chi connectivity index (χ2v) is 5.04. The van der Waals surface area contributed by atoms with Crippen LogP contribution >= 0.6 is 0 Å². The van der Waals surface area contributed by atoms with E-state index >= 15 is 0 Å². The Balaban J connectivity index is 1.82. The smallest absolute Gasteiger partial charge is 0.165 e. The summed E-state index contributed by atoms with van der Waals surface area (Å²) in [4.78, 5) is 11.9. The molecule has 0 N–H and O–H groups in total. The van der Waals surface area contributed by atoms with Crippen LogP contribution in [0.3, 0.4) is 0 Å². The van der Waals surface area contributed by atoms with Gasteiger partial charge >= 0.3 is 0 Å². The number of carbonyl (C=O) groups is 1. The van der Waals surface area contributed by atoms with Gasteiger partial charge in [0.05, 0.1) is 6.61 Å². The average Bonchev–Trinajstić information content (AvgIpc) is 2.33. The molecule has 0 bridgehead atoms. The van der Waals surface area contributed by atoms with Crippen molar-refractivity contribution in [1.29, 1.82) is 0 Å². The third-order valence-corrected chi connectivity index (χ3v) is 3.63.